The lowest BCUT2D eigenvalue weighted by Gasteiger charge is -2.31. The SMILES string of the molecule is CC(C)(C)c1nccc(N2CCC(C(=O)N3CCc4ccccc4C3)C2)n1. The summed E-state index contributed by atoms with van der Waals surface area (Å²) < 4.78 is 0. The van der Waals surface area contributed by atoms with Crippen LogP contribution in [0.5, 0.6) is 0 Å². The van der Waals surface area contributed by atoms with Gasteiger partial charge in [0.2, 0.25) is 5.91 Å². The lowest BCUT2D eigenvalue weighted by Crippen LogP contribution is -2.40. The van der Waals surface area contributed by atoms with Crippen LogP contribution in [0.3, 0.4) is 0 Å². The molecule has 5 nitrogen and oxygen atoms in total. The zero-order valence-electron chi connectivity index (χ0n) is 16.5. The predicted molar refractivity (Wildman–Crippen MR) is 107 cm³/mol. The van der Waals surface area contributed by atoms with Gasteiger partial charge in [-0.25, -0.2) is 9.97 Å². The summed E-state index contributed by atoms with van der Waals surface area (Å²) in [6.45, 7) is 9.56. The fraction of sp³-hybridized carbons (Fsp3) is 0.500. The normalized spacial score (nSPS) is 19.9. The molecule has 5 heteroatoms. The lowest BCUT2D eigenvalue weighted by molar-refractivity contribution is -0.135. The van der Waals surface area contributed by atoms with Crippen LogP contribution < -0.4 is 4.90 Å². The van der Waals surface area contributed by atoms with Gasteiger partial charge in [-0.1, -0.05) is 45.0 Å². The first kappa shape index (κ1) is 18.0. The molecule has 1 saturated heterocycles. The van der Waals surface area contributed by atoms with Crippen LogP contribution in [-0.4, -0.2) is 40.4 Å². The second-order valence-electron chi connectivity index (χ2n) is 8.70. The molecule has 27 heavy (non-hydrogen) atoms. The van der Waals surface area contributed by atoms with Crippen molar-refractivity contribution < 1.29 is 4.79 Å². The second kappa shape index (κ2) is 6.95. The molecular weight excluding hydrogens is 336 g/mol. The highest BCUT2D eigenvalue weighted by molar-refractivity contribution is 5.80. The van der Waals surface area contributed by atoms with E-state index in [-0.39, 0.29) is 17.2 Å². The van der Waals surface area contributed by atoms with Crippen LogP contribution in [-0.2, 0) is 23.2 Å². The summed E-state index contributed by atoms with van der Waals surface area (Å²) in [5, 5.41) is 0. The van der Waals surface area contributed by atoms with Crippen molar-refractivity contribution >= 4 is 11.7 Å². The van der Waals surface area contributed by atoms with E-state index in [4.69, 9.17) is 4.98 Å². The Labute approximate surface area is 161 Å². The van der Waals surface area contributed by atoms with Crippen molar-refractivity contribution in [2.24, 2.45) is 5.92 Å². The fourth-order valence-corrected chi connectivity index (χ4v) is 4.00. The number of anilines is 1. The van der Waals surface area contributed by atoms with Gasteiger partial charge >= 0.3 is 0 Å². The minimum atomic E-state index is -0.0772. The van der Waals surface area contributed by atoms with E-state index in [1.54, 1.807) is 0 Å². The van der Waals surface area contributed by atoms with Gasteiger partial charge in [0.25, 0.3) is 0 Å². The van der Waals surface area contributed by atoms with E-state index in [1.165, 1.54) is 11.1 Å². The van der Waals surface area contributed by atoms with Gasteiger partial charge in [0.15, 0.2) is 0 Å². The van der Waals surface area contributed by atoms with Gasteiger partial charge in [0, 0.05) is 37.8 Å². The number of benzene rings is 1. The summed E-state index contributed by atoms with van der Waals surface area (Å²) in [4.78, 5) is 26.5. The number of fused-ring (bicyclic) bond motifs is 1. The molecule has 1 amide bonds. The fourth-order valence-electron chi connectivity index (χ4n) is 4.00. The van der Waals surface area contributed by atoms with Crippen molar-refractivity contribution in [2.75, 3.05) is 24.5 Å². The molecule has 2 aliphatic heterocycles. The standard InChI is InChI=1S/C22H28N4O/c1-22(2,3)21-23-11-8-19(24-21)25-12-10-18(15-25)20(27)26-13-9-16-6-4-5-7-17(16)14-26/h4-8,11,18H,9-10,12-15H2,1-3H3. The maximum Gasteiger partial charge on any atom is 0.227 e. The van der Waals surface area contributed by atoms with Gasteiger partial charge < -0.3 is 9.80 Å². The first-order valence-electron chi connectivity index (χ1n) is 9.86. The highest BCUT2D eigenvalue weighted by atomic mass is 16.2. The summed E-state index contributed by atoms with van der Waals surface area (Å²) in [6.07, 6.45) is 3.69. The van der Waals surface area contributed by atoms with Crippen molar-refractivity contribution in [3.8, 4) is 0 Å². The summed E-state index contributed by atoms with van der Waals surface area (Å²) in [5.74, 6) is 2.14. The van der Waals surface area contributed by atoms with Crippen LogP contribution in [0, 0.1) is 5.92 Å². The summed E-state index contributed by atoms with van der Waals surface area (Å²) >= 11 is 0. The average Bonchev–Trinajstić information content (AvgIpc) is 3.17. The molecule has 0 aliphatic carbocycles. The number of hydrogen-bond donors (Lipinski definition) is 0. The number of carbonyl (C=O) groups excluding carboxylic acids is 1. The third-order valence-corrected chi connectivity index (χ3v) is 5.62. The van der Waals surface area contributed by atoms with E-state index >= 15 is 0 Å². The van der Waals surface area contributed by atoms with Gasteiger partial charge in [0.05, 0.1) is 5.92 Å². The van der Waals surface area contributed by atoms with Crippen LogP contribution in [0.15, 0.2) is 36.5 Å². The molecule has 4 rings (SSSR count). The van der Waals surface area contributed by atoms with Crippen molar-refractivity contribution in [3.63, 3.8) is 0 Å². The molecule has 0 radical (unpaired) electrons. The van der Waals surface area contributed by atoms with E-state index < -0.39 is 0 Å². The van der Waals surface area contributed by atoms with Crippen molar-refractivity contribution in [3.05, 3.63) is 53.5 Å². The van der Waals surface area contributed by atoms with Crippen molar-refractivity contribution in [1.29, 1.82) is 0 Å². The van der Waals surface area contributed by atoms with Crippen LogP contribution in [0.2, 0.25) is 0 Å². The quantitative estimate of drug-likeness (QED) is 0.821. The molecule has 1 fully saturated rings. The van der Waals surface area contributed by atoms with E-state index in [0.717, 1.165) is 50.7 Å². The van der Waals surface area contributed by atoms with E-state index in [9.17, 15) is 4.79 Å². The van der Waals surface area contributed by atoms with Gasteiger partial charge in [-0.2, -0.15) is 0 Å². The van der Waals surface area contributed by atoms with E-state index in [1.807, 2.05) is 17.2 Å². The number of aromatic nitrogens is 2. The predicted octanol–water partition coefficient (Wildman–Crippen LogP) is 3.19. The highest BCUT2D eigenvalue weighted by Crippen LogP contribution is 2.27. The number of nitrogens with zero attached hydrogens (tertiary/aromatic N) is 4. The number of amides is 1. The van der Waals surface area contributed by atoms with Crippen molar-refractivity contribution in [2.45, 2.75) is 45.6 Å². The summed E-state index contributed by atoms with van der Waals surface area (Å²) in [6, 6.07) is 10.4. The first-order valence-corrected chi connectivity index (χ1v) is 9.86. The Bertz CT molecular complexity index is 842. The van der Waals surface area contributed by atoms with Gasteiger partial charge in [0.1, 0.15) is 11.6 Å². The highest BCUT2D eigenvalue weighted by Gasteiger charge is 2.33. The number of rotatable bonds is 2. The molecule has 142 valence electrons. The van der Waals surface area contributed by atoms with E-state index in [2.05, 4.69) is 54.9 Å². The molecule has 0 spiro atoms. The largest absolute Gasteiger partial charge is 0.356 e. The smallest absolute Gasteiger partial charge is 0.227 e. The Morgan fingerprint density at radius 2 is 1.89 bits per heavy atom. The minimum Gasteiger partial charge on any atom is -0.356 e. The first-order chi connectivity index (χ1) is 12.9. The van der Waals surface area contributed by atoms with E-state index in [0.29, 0.717) is 0 Å². The molecule has 0 N–H and O–H groups in total. The molecule has 1 aromatic heterocycles. The average molecular weight is 364 g/mol. The van der Waals surface area contributed by atoms with Gasteiger partial charge in [-0.3, -0.25) is 4.79 Å². The molecule has 1 aromatic carbocycles. The Morgan fingerprint density at radius 1 is 1.11 bits per heavy atom. The molecule has 0 saturated carbocycles. The number of hydrogen-bond acceptors (Lipinski definition) is 4. The molecular formula is C22H28N4O. The minimum absolute atomic E-state index is 0.0586. The number of carbonyl (C=O) groups is 1. The monoisotopic (exact) mass is 364 g/mol. The molecule has 1 atom stereocenters. The van der Waals surface area contributed by atoms with Crippen LogP contribution in [0.25, 0.3) is 0 Å². The Balaban J connectivity index is 1.43. The summed E-state index contributed by atoms with van der Waals surface area (Å²) in [7, 11) is 0. The maximum atomic E-state index is 13.1. The Hall–Kier alpha value is -2.43. The lowest BCUT2D eigenvalue weighted by atomic mass is 9.96. The van der Waals surface area contributed by atoms with Crippen molar-refractivity contribution in [1.82, 2.24) is 14.9 Å². The van der Waals surface area contributed by atoms with Gasteiger partial charge in [-0.15, -0.1) is 0 Å². The third kappa shape index (κ3) is 3.68. The topological polar surface area (TPSA) is 49.3 Å². The maximum absolute atomic E-state index is 13.1. The second-order valence-corrected chi connectivity index (χ2v) is 8.70. The summed E-state index contributed by atoms with van der Waals surface area (Å²) in [5.41, 5.74) is 2.59. The molecule has 2 aliphatic rings. The van der Waals surface area contributed by atoms with Gasteiger partial charge in [-0.05, 0) is 30.0 Å². The third-order valence-electron chi connectivity index (χ3n) is 5.62. The zero-order valence-corrected chi connectivity index (χ0v) is 16.5. The Kier molecular flexibility index (Phi) is 4.62. The van der Waals surface area contributed by atoms with Crippen LogP contribution in [0.4, 0.5) is 5.82 Å². The molecule has 2 aromatic rings. The molecule has 3 heterocycles. The van der Waals surface area contributed by atoms with Crippen LogP contribution >= 0.6 is 0 Å². The molecule has 0 bridgehead atoms. The Morgan fingerprint density at radius 3 is 2.67 bits per heavy atom. The molecule has 1 unspecified atom stereocenters. The zero-order chi connectivity index (χ0) is 19.0. The van der Waals surface area contributed by atoms with Crippen LogP contribution in [0.1, 0.15) is 44.1 Å².